The summed E-state index contributed by atoms with van der Waals surface area (Å²) in [6, 6.07) is 0. The van der Waals surface area contributed by atoms with Crippen molar-refractivity contribution >= 4 is 19.7 Å². The number of hydrogen-bond donors (Lipinski definition) is 0. The number of aromatic nitrogens is 2. The topological polar surface area (TPSA) is 61.2 Å². The van der Waals surface area contributed by atoms with Crippen LogP contribution in [0.2, 0.25) is 0 Å². The predicted molar refractivity (Wildman–Crippen MR) is 74.6 cm³/mol. The fourth-order valence-electron chi connectivity index (χ4n) is 1.59. The molecule has 5 nitrogen and oxygen atoms in total. The summed E-state index contributed by atoms with van der Waals surface area (Å²) in [5, 5.41) is 4.10. The molecule has 1 rings (SSSR count). The van der Waals surface area contributed by atoms with Crippen molar-refractivity contribution in [1.29, 1.82) is 0 Å². The third-order valence-corrected chi connectivity index (χ3v) is 4.16. The van der Waals surface area contributed by atoms with Crippen molar-refractivity contribution in [2.75, 3.05) is 0 Å². The minimum absolute atomic E-state index is 0.0399. The summed E-state index contributed by atoms with van der Waals surface area (Å²) in [5.74, 6) is 0.355. The zero-order chi connectivity index (χ0) is 14.6. The Morgan fingerprint density at radius 1 is 1.42 bits per heavy atom. The number of hydrogen-bond acceptors (Lipinski definition) is 4. The molecule has 1 unspecified atom stereocenters. The van der Waals surface area contributed by atoms with Crippen LogP contribution in [0.15, 0.2) is 11.1 Å². The maximum atomic E-state index is 11.5. The van der Waals surface area contributed by atoms with Crippen LogP contribution in [-0.2, 0) is 26.9 Å². The SMILES string of the molecule is CCC(C)OCc1c(S(=O)(=O)Cl)cnn1CC(C)C. The average Bonchev–Trinajstić information content (AvgIpc) is 2.67. The van der Waals surface area contributed by atoms with E-state index in [0.717, 1.165) is 6.42 Å². The quantitative estimate of drug-likeness (QED) is 0.727. The first-order valence-electron chi connectivity index (χ1n) is 6.36. The lowest BCUT2D eigenvalue weighted by atomic mass is 10.2. The standard InChI is InChI=1S/C12H21ClN2O3S/c1-5-10(4)18-8-11-12(19(13,16)17)6-14-15(11)7-9(2)3/h6,9-10H,5,7-8H2,1-4H3. The minimum atomic E-state index is -3.79. The summed E-state index contributed by atoms with van der Waals surface area (Å²) in [7, 11) is 1.63. The molecule has 0 aliphatic heterocycles. The van der Waals surface area contributed by atoms with E-state index in [-0.39, 0.29) is 17.6 Å². The van der Waals surface area contributed by atoms with E-state index in [1.807, 2.05) is 27.7 Å². The molecule has 0 spiro atoms. The second-order valence-electron chi connectivity index (χ2n) is 5.00. The number of rotatable bonds is 7. The highest BCUT2D eigenvalue weighted by Crippen LogP contribution is 2.22. The van der Waals surface area contributed by atoms with Crippen molar-refractivity contribution in [2.45, 2.75) is 58.3 Å². The molecule has 0 fully saturated rings. The highest BCUT2D eigenvalue weighted by atomic mass is 35.7. The van der Waals surface area contributed by atoms with E-state index < -0.39 is 9.05 Å². The second kappa shape index (κ2) is 6.72. The van der Waals surface area contributed by atoms with Crippen LogP contribution in [0.1, 0.15) is 39.8 Å². The molecular weight excluding hydrogens is 288 g/mol. The molecule has 110 valence electrons. The van der Waals surface area contributed by atoms with Crippen LogP contribution >= 0.6 is 10.7 Å². The van der Waals surface area contributed by atoms with Gasteiger partial charge in [-0.25, -0.2) is 8.42 Å². The first-order valence-corrected chi connectivity index (χ1v) is 8.67. The van der Waals surface area contributed by atoms with Crippen molar-refractivity contribution in [3.63, 3.8) is 0 Å². The van der Waals surface area contributed by atoms with E-state index >= 15 is 0 Å². The Morgan fingerprint density at radius 2 is 2.05 bits per heavy atom. The van der Waals surface area contributed by atoms with E-state index in [9.17, 15) is 8.42 Å². The molecule has 0 radical (unpaired) electrons. The first kappa shape index (κ1) is 16.5. The summed E-state index contributed by atoms with van der Waals surface area (Å²) >= 11 is 0. The first-order chi connectivity index (χ1) is 8.75. The lowest BCUT2D eigenvalue weighted by Crippen LogP contribution is -2.14. The van der Waals surface area contributed by atoms with Crippen molar-refractivity contribution in [3.05, 3.63) is 11.9 Å². The molecule has 0 saturated heterocycles. The Kier molecular flexibility index (Phi) is 5.82. The van der Waals surface area contributed by atoms with Gasteiger partial charge in [0.15, 0.2) is 0 Å². The Bertz CT molecular complexity index is 511. The second-order valence-corrected chi connectivity index (χ2v) is 7.53. The smallest absolute Gasteiger partial charge is 0.264 e. The molecule has 1 aromatic heterocycles. The van der Waals surface area contributed by atoms with Crippen LogP contribution in [0.5, 0.6) is 0 Å². The molecule has 19 heavy (non-hydrogen) atoms. The monoisotopic (exact) mass is 308 g/mol. The average molecular weight is 309 g/mol. The summed E-state index contributed by atoms with van der Waals surface area (Å²) in [6.07, 6.45) is 2.22. The maximum absolute atomic E-state index is 11.5. The lowest BCUT2D eigenvalue weighted by molar-refractivity contribution is 0.0450. The van der Waals surface area contributed by atoms with Crippen LogP contribution in [0, 0.1) is 5.92 Å². The molecule has 0 amide bonds. The van der Waals surface area contributed by atoms with Crippen molar-refractivity contribution in [3.8, 4) is 0 Å². The summed E-state index contributed by atoms with van der Waals surface area (Å²) < 4.78 is 30.3. The normalized spacial score (nSPS) is 14.0. The van der Waals surface area contributed by atoms with Gasteiger partial charge in [-0.2, -0.15) is 5.10 Å². The van der Waals surface area contributed by atoms with Gasteiger partial charge in [0.05, 0.1) is 24.6 Å². The maximum Gasteiger partial charge on any atom is 0.264 e. The van der Waals surface area contributed by atoms with Crippen LogP contribution in [0.4, 0.5) is 0 Å². The van der Waals surface area contributed by atoms with Gasteiger partial charge in [0, 0.05) is 17.2 Å². The van der Waals surface area contributed by atoms with Crippen molar-refractivity contribution < 1.29 is 13.2 Å². The van der Waals surface area contributed by atoms with E-state index in [4.69, 9.17) is 15.4 Å². The molecular formula is C12H21ClN2O3S. The van der Waals surface area contributed by atoms with Crippen LogP contribution < -0.4 is 0 Å². The van der Waals surface area contributed by atoms with Crippen LogP contribution in [-0.4, -0.2) is 24.3 Å². The van der Waals surface area contributed by atoms with Crippen LogP contribution in [0.3, 0.4) is 0 Å². The zero-order valence-electron chi connectivity index (χ0n) is 11.8. The van der Waals surface area contributed by atoms with Gasteiger partial charge in [0.1, 0.15) is 4.90 Å². The lowest BCUT2D eigenvalue weighted by Gasteiger charge is -2.14. The Labute approximate surface area is 119 Å². The number of nitrogens with zero attached hydrogens (tertiary/aromatic N) is 2. The van der Waals surface area contributed by atoms with Gasteiger partial charge in [-0.05, 0) is 19.3 Å². The molecule has 1 heterocycles. The summed E-state index contributed by atoms with van der Waals surface area (Å²) in [6.45, 7) is 8.85. The van der Waals surface area contributed by atoms with Gasteiger partial charge in [-0.1, -0.05) is 20.8 Å². The fraction of sp³-hybridized carbons (Fsp3) is 0.750. The molecule has 1 atom stereocenters. The van der Waals surface area contributed by atoms with Crippen molar-refractivity contribution in [1.82, 2.24) is 9.78 Å². The predicted octanol–water partition coefficient (Wildman–Crippen LogP) is 2.78. The molecule has 0 bridgehead atoms. The molecule has 0 aliphatic carbocycles. The number of halogens is 1. The number of ether oxygens (including phenoxy) is 1. The minimum Gasteiger partial charge on any atom is -0.372 e. The summed E-state index contributed by atoms with van der Waals surface area (Å²) in [4.78, 5) is 0.0399. The van der Waals surface area contributed by atoms with Gasteiger partial charge >= 0.3 is 0 Å². The molecule has 0 aliphatic rings. The zero-order valence-corrected chi connectivity index (χ0v) is 13.3. The molecule has 0 saturated carbocycles. The van der Waals surface area contributed by atoms with E-state index in [1.54, 1.807) is 4.68 Å². The highest BCUT2D eigenvalue weighted by Gasteiger charge is 2.22. The molecule has 0 aromatic carbocycles. The van der Waals surface area contributed by atoms with Gasteiger partial charge in [-0.15, -0.1) is 0 Å². The molecule has 0 N–H and O–H groups in total. The van der Waals surface area contributed by atoms with E-state index in [2.05, 4.69) is 5.10 Å². The highest BCUT2D eigenvalue weighted by molar-refractivity contribution is 8.13. The Balaban J connectivity index is 3.04. The van der Waals surface area contributed by atoms with Gasteiger partial charge < -0.3 is 4.74 Å². The molecule has 7 heteroatoms. The van der Waals surface area contributed by atoms with E-state index in [1.165, 1.54) is 6.20 Å². The Morgan fingerprint density at radius 3 is 2.53 bits per heavy atom. The summed E-state index contributed by atoms with van der Waals surface area (Å²) in [5.41, 5.74) is 0.518. The van der Waals surface area contributed by atoms with Gasteiger partial charge in [-0.3, -0.25) is 4.68 Å². The van der Waals surface area contributed by atoms with E-state index in [0.29, 0.717) is 18.2 Å². The third-order valence-electron chi connectivity index (χ3n) is 2.79. The fourth-order valence-corrected chi connectivity index (χ4v) is 2.59. The Hall–Kier alpha value is -0.590. The van der Waals surface area contributed by atoms with Gasteiger partial charge in [0.25, 0.3) is 9.05 Å². The largest absolute Gasteiger partial charge is 0.372 e. The van der Waals surface area contributed by atoms with Crippen LogP contribution in [0.25, 0.3) is 0 Å². The van der Waals surface area contributed by atoms with Gasteiger partial charge in [0.2, 0.25) is 0 Å². The third kappa shape index (κ3) is 4.78. The molecule has 1 aromatic rings. The van der Waals surface area contributed by atoms with Crippen molar-refractivity contribution in [2.24, 2.45) is 5.92 Å².